The van der Waals surface area contributed by atoms with Gasteiger partial charge in [0, 0.05) is 5.56 Å². The van der Waals surface area contributed by atoms with E-state index in [2.05, 4.69) is 68.8 Å². The number of rotatable bonds is 9. The van der Waals surface area contributed by atoms with Crippen LogP contribution >= 0.6 is 22.6 Å². The van der Waals surface area contributed by atoms with Crippen molar-refractivity contribution in [1.82, 2.24) is 50.0 Å². The number of carbonyl (C=O) groups excluding carboxylic acids is 1. The lowest BCUT2D eigenvalue weighted by Crippen LogP contribution is -2.15. The Labute approximate surface area is 459 Å². The van der Waals surface area contributed by atoms with Gasteiger partial charge < -0.3 is 55.3 Å². The lowest BCUT2D eigenvalue weighted by atomic mass is 10.0. The summed E-state index contributed by atoms with van der Waals surface area (Å²) >= 11 is 2.21. The van der Waals surface area contributed by atoms with Gasteiger partial charge in [0.25, 0.3) is 5.91 Å². The summed E-state index contributed by atoms with van der Waals surface area (Å²) in [6, 6.07) is 19.8. The molecule has 0 unspecified atom stereocenters. The van der Waals surface area contributed by atoms with Crippen LogP contribution < -0.4 is 11.5 Å². The van der Waals surface area contributed by atoms with Crippen molar-refractivity contribution in [2.75, 3.05) is 0 Å². The van der Waals surface area contributed by atoms with Crippen molar-refractivity contribution in [3.63, 3.8) is 0 Å². The second kappa shape index (κ2) is 23.6. The number of amidine groups is 1. The van der Waals surface area contributed by atoms with Crippen molar-refractivity contribution in [2.45, 2.75) is 76.2 Å². The molecule has 404 valence electrons. The van der Waals surface area contributed by atoms with Crippen LogP contribution in [0.2, 0.25) is 0 Å². The molecule has 0 aliphatic rings. The number of hydrogen-bond donors (Lipinski definition) is 7. The quantitative estimate of drug-likeness (QED) is 0.0232. The number of hydrogen-bond acceptors (Lipinski definition) is 19. The molecule has 0 atom stereocenters. The maximum absolute atomic E-state index is 11.9. The molecule has 0 saturated heterocycles. The van der Waals surface area contributed by atoms with Crippen molar-refractivity contribution in [3.05, 3.63) is 156 Å². The number of aromatic hydroxyl groups is 3. The largest absolute Gasteiger partial charge is 0.508 e. The van der Waals surface area contributed by atoms with Crippen LogP contribution in [0.4, 0.5) is 0 Å². The summed E-state index contributed by atoms with van der Waals surface area (Å²) in [7, 11) is 0. The first kappa shape index (κ1) is 56.2. The second-order valence-corrected chi connectivity index (χ2v) is 18.7. The zero-order valence-corrected chi connectivity index (χ0v) is 46.3. The van der Waals surface area contributed by atoms with Crippen LogP contribution in [0, 0.1) is 79.7 Å². The number of oxime groups is 2. The molecule has 1 amide bonds. The fourth-order valence-electron chi connectivity index (χ4n) is 8.44. The molecule has 3 aromatic carbocycles. The van der Waals surface area contributed by atoms with Gasteiger partial charge in [0.2, 0.25) is 0 Å². The lowest BCUT2D eigenvalue weighted by Gasteiger charge is -2.09. The maximum atomic E-state index is 11.9. The summed E-state index contributed by atoms with van der Waals surface area (Å²) < 4.78 is 26.7. The molecular weight excluding hydrogens is 1120 g/mol. The number of nitrogens with zero attached hydrogens (tertiary/aromatic N) is 12. The first-order valence-corrected chi connectivity index (χ1v) is 24.7. The minimum Gasteiger partial charge on any atom is -0.508 e. The molecular formula is C53H55IN14O10. The van der Waals surface area contributed by atoms with E-state index < -0.39 is 5.91 Å². The Balaban J connectivity index is 0.000000158. The van der Waals surface area contributed by atoms with Gasteiger partial charge in [-0.05, 0) is 172 Å². The highest BCUT2D eigenvalue weighted by atomic mass is 127. The number of aryl methyl sites for hydroxylation is 11. The molecule has 0 aliphatic carbocycles. The van der Waals surface area contributed by atoms with Gasteiger partial charge in [-0.25, -0.2) is 14.0 Å². The molecule has 0 bridgehead atoms. The number of benzene rings is 3. The van der Waals surface area contributed by atoms with Crippen molar-refractivity contribution in [2.24, 2.45) is 21.8 Å². The van der Waals surface area contributed by atoms with Crippen LogP contribution in [0.5, 0.6) is 17.2 Å². The van der Waals surface area contributed by atoms with E-state index in [0.717, 1.165) is 43.2 Å². The fraction of sp³-hybridized carbons (Fsp3) is 0.208. The van der Waals surface area contributed by atoms with Gasteiger partial charge in [-0.1, -0.05) is 30.9 Å². The first-order chi connectivity index (χ1) is 37.1. The summed E-state index contributed by atoms with van der Waals surface area (Å²) in [5, 5.41) is 82.0. The molecule has 10 rings (SSSR count). The molecule has 9 N–H and O–H groups in total. The van der Waals surface area contributed by atoms with Gasteiger partial charge in [0.1, 0.15) is 40.3 Å². The molecule has 0 aliphatic heterocycles. The number of nitrogens with two attached hydrogens (primary N) is 2. The topological polar surface area (TPSA) is 353 Å². The molecule has 7 aromatic heterocycles. The van der Waals surface area contributed by atoms with Gasteiger partial charge in [-0.15, -0.1) is 0 Å². The van der Waals surface area contributed by atoms with Crippen LogP contribution in [0.15, 0.2) is 101 Å². The normalized spacial score (nSPS) is 11.3. The third kappa shape index (κ3) is 11.5. The number of carbonyl (C=O) groups is 1. The molecule has 24 nitrogen and oxygen atoms in total. The molecule has 0 spiro atoms. The van der Waals surface area contributed by atoms with Gasteiger partial charge in [0.05, 0.1) is 112 Å². The Morgan fingerprint density at radius 1 is 0.487 bits per heavy atom. The van der Waals surface area contributed by atoms with Crippen molar-refractivity contribution < 1.29 is 48.6 Å². The van der Waals surface area contributed by atoms with Crippen molar-refractivity contribution >= 4 is 40.5 Å². The van der Waals surface area contributed by atoms with Gasteiger partial charge in [-0.2, -0.15) is 15.3 Å². The third-order valence-electron chi connectivity index (χ3n) is 12.1. The first-order valence-electron chi connectivity index (χ1n) is 23.6. The van der Waals surface area contributed by atoms with Crippen LogP contribution in [0.3, 0.4) is 0 Å². The predicted octanol–water partition coefficient (Wildman–Crippen LogP) is 9.37. The van der Waals surface area contributed by atoms with E-state index in [-0.39, 0.29) is 23.1 Å². The average Bonchev–Trinajstić information content (AvgIpc) is 4.47. The summed E-state index contributed by atoms with van der Waals surface area (Å²) in [6.07, 6.45) is 1.35. The minimum atomic E-state index is -0.567. The maximum Gasteiger partial charge on any atom is 0.252 e. The number of amides is 1. The Hall–Kier alpha value is -9.53. The van der Waals surface area contributed by atoms with Crippen LogP contribution in [-0.2, 0) is 0 Å². The van der Waals surface area contributed by atoms with E-state index in [1.807, 2.05) is 41.5 Å². The Morgan fingerprint density at radius 2 is 0.821 bits per heavy atom. The fourth-order valence-corrected chi connectivity index (χ4v) is 8.63. The second-order valence-electron chi connectivity index (χ2n) is 17.6. The summed E-state index contributed by atoms with van der Waals surface area (Å²) in [6.45, 7) is 20.0. The van der Waals surface area contributed by atoms with Crippen LogP contribution in [0.25, 0.3) is 50.8 Å². The van der Waals surface area contributed by atoms with Crippen molar-refractivity contribution in [1.29, 1.82) is 0 Å². The number of primary amides is 1. The highest BCUT2D eigenvalue weighted by molar-refractivity contribution is 14.1. The average molecular weight is 1180 g/mol. The third-order valence-corrected chi connectivity index (χ3v) is 13.6. The van der Waals surface area contributed by atoms with E-state index >= 15 is 0 Å². The molecule has 7 heterocycles. The number of phenolic OH excluding ortho intramolecular Hbond substituents is 3. The van der Waals surface area contributed by atoms with Gasteiger partial charge in [0.15, 0.2) is 5.84 Å². The Bertz CT molecular complexity index is 3740. The lowest BCUT2D eigenvalue weighted by molar-refractivity contribution is 0.1000. The molecule has 0 radical (unpaired) electrons. The zero-order valence-electron chi connectivity index (χ0n) is 44.2. The molecule has 78 heavy (non-hydrogen) atoms. The summed E-state index contributed by atoms with van der Waals surface area (Å²) in [5.41, 5.74) is 24.0. The van der Waals surface area contributed by atoms with Gasteiger partial charge >= 0.3 is 0 Å². The molecule has 0 fully saturated rings. The SMILES string of the molecule is Cc1nn(-c2ccc(O)cc2)c(-c2c(C)noc2C)c1C(N)=NO.Cc1nn(-c2ccc(O)cc2)c(-c2c(C)noc2C)c1C(N)=O.Cc1nn(-c2ccc(O)cc2)c(-c2c(C)noc2C)c1C=NO.Cc1noc(C)c1I. The minimum absolute atomic E-state index is 0.0486. The van der Waals surface area contributed by atoms with Crippen LogP contribution in [0.1, 0.15) is 84.4 Å². The number of aromatic nitrogens is 10. The van der Waals surface area contributed by atoms with E-state index in [4.69, 9.17) is 40.0 Å². The van der Waals surface area contributed by atoms with Crippen LogP contribution in [-0.4, -0.2) is 93.7 Å². The molecule has 10 aromatic rings. The smallest absolute Gasteiger partial charge is 0.252 e. The van der Waals surface area contributed by atoms with E-state index in [1.165, 1.54) is 6.21 Å². The molecule has 0 saturated carbocycles. The number of halogens is 1. The Kier molecular flexibility index (Phi) is 17.0. The van der Waals surface area contributed by atoms with E-state index in [0.29, 0.717) is 90.8 Å². The summed E-state index contributed by atoms with van der Waals surface area (Å²) in [4.78, 5) is 11.9. The van der Waals surface area contributed by atoms with Crippen molar-refractivity contribution in [3.8, 4) is 68.1 Å². The molecule has 25 heteroatoms. The summed E-state index contributed by atoms with van der Waals surface area (Å²) in [5.74, 6) is 2.58. The standard InChI is InChI=1S/C16H17N5O3.2C16H16N4O3.C5H6INO/c1-8-14(16(17)19-23)15(13-9(2)20-24-10(13)3)21(18-8)11-4-6-12(22)7-5-11;1-9-14(8-17-22)16(15-10(2)19-23-11(15)3)20(18-9)12-4-6-13(21)7-5-12;1-8-14(16(17)22)15(13-9(2)19-23-10(13)3)20(18-8)11-4-6-12(21)7-5-11;1-3-5(6)4(2)8-7-3/h4-7,22-23H,1-3H3,(H2,17,19);4-8,21-22H,1-3H3;4-7,21H,1-3H3,(H2,17,22);1-2H3. The van der Waals surface area contributed by atoms with E-state index in [9.17, 15) is 20.1 Å². The van der Waals surface area contributed by atoms with Gasteiger partial charge in [-0.3, -0.25) is 4.79 Å². The van der Waals surface area contributed by atoms with E-state index in [1.54, 1.807) is 121 Å². The predicted molar refractivity (Wildman–Crippen MR) is 294 cm³/mol. The highest BCUT2D eigenvalue weighted by Gasteiger charge is 2.29. The number of phenols is 3. The highest BCUT2D eigenvalue weighted by Crippen LogP contribution is 2.37. The zero-order chi connectivity index (χ0) is 56.9. The monoisotopic (exact) mass is 1170 g/mol. The Morgan fingerprint density at radius 3 is 1.13 bits per heavy atom.